The molecule has 2 amide bonds. The van der Waals surface area contributed by atoms with E-state index in [-0.39, 0.29) is 18.4 Å². The van der Waals surface area contributed by atoms with Gasteiger partial charge in [-0.3, -0.25) is 9.59 Å². The number of likely N-dealkylation sites (tertiary alicyclic amines) is 1. The van der Waals surface area contributed by atoms with E-state index in [4.69, 9.17) is 9.47 Å². The number of ether oxygens (including phenoxy) is 2. The fourth-order valence-corrected chi connectivity index (χ4v) is 3.19. The van der Waals surface area contributed by atoms with Crippen molar-refractivity contribution in [1.82, 2.24) is 10.2 Å². The van der Waals surface area contributed by atoms with Crippen LogP contribution >= 0.6 is 0 Å². The third-order valence-electron chi connectivity index (χ3n) is 4.30. The Kier molecular flexibility index (Phi) is 6.49. The van der Waals surface area contributed by atoms with Crippen molar-refractivity contribution in [2.45, 2.75) is 44.5 Å². The molecule has 2 rings (SSSR count). The Morgan fingerprint density at radius 2 is 1.89 bits per heavy atom. The first-order valence-corrected chi connectivity index (χ1v) is 8.88. The number of carbonyl (C=O) groups is 2. The van der Waals surface area contributed by atoms with Crippen molar-refractivity contribution in [2.24, 2.45) is 0 Å². The second-order valence-corrected chi connectivity index (χ2v) is 7.52. The van der Waals surface area contributed by atoms with Gasteiger partial charge in [-0.05, 0) is 45.0 Å². The van der Waals surface area contributed by atoms with Crippen LogP contribution in [0.5, 0.6) is 5.75 Å². The van der Waals surface area contributed by atoms with E-state index in [0.29, 0.717) is 0 Å². The third kappa shape index (κ3) is 4.80. The first kappa shape index (κ1) is 20.8. The summed E-state index contributed by atoms with van der Waals surface area (Å²) >= 11 is 0. The van der Waals surface area contributed by atoms with Gasteiger partial charge in [0.15, 0.2) is 6.10 Å². The van der Waals surface area contributed by atoms with Crippen LogP contribution in [0.3, 0.4) is 0 Å². The maximum absolute atomic E-state index is 13.0. The zero-order chi connectivity index (χ0) is 20.2. The van der Waals surface area contributed by atoms with Gasteiger partial charge in [-0.15, -0.1) is 6.58 Å². The van der Waals surface area contributed by atoms with Crippen LogP contribution in [0.1, 0.15) is 20.8 Å². The molecule has 0 aliphatic carbocycles. The number of hydrogen-bond donors (Lipinski definition) is 2. The van der Waals surface area contributed by atoms with E-state index >= 15 is 0 Å². The Bertz CT molecular complexity index is 681. The summed E-state index contributed by atoms with van der Waals surface area (Å²) in [5.41, 5.74) is 0.347. The summed E-state index contributed by atoms with van der Waals surface area (Å²) < 4.78 is 10.6. The van der Waals surface area contributed by atoms with E-state index in [1.54, 1.807) is 13.2 Å². The van der Waals surface area contributed by atoms with Gasteiger partial charge in [-0.1, -0.05) is 6.08 Å². The largest absolute Gasteiger partial charge is 0.497 e. The number of nitrogens with one attached hydrogen (secondary N) is 2. The Morgan fingerprint density at radius 1 is 1.26 bits per heavy atom. The van der Waals surface area contributed by atoms with Crippen LogP contribution < -0.4 is 15.4 Å². The van der Waals surface area contributed by atoms with E-state index in [1.807, 2.05) is 45.0 Å². The fourth-order valence-electron chi connectivity index (χ4n) is 3.19. The normalized spacial score (nSPS) is 22.5. The Morgan fingerprint density at radius 3 is 2.37 bits per heavy atom. The predicted octanol–water partition coefficient (Wildman–Crippen LogP) is 1.80. The van der Waals surface area contributed by atoms with Crippen LogP contribution in [0.4, 0.5) is 5.69 Å². The highest BCUT2D eigenvalue weighted by Crippen LogP contribution is 2.27. The molecule has 0 unspecified atom stereocenters. The van der Waals surface area contributed by atoms with Gasteiger partial charge in [-0.2, -0.15) is 0 Å². The molecule has 1 saturated heterocycles. The number of carbonyl (C=O) groups excluding carboxylic acids is 2. The molecule has 0 bridgehead atoms. The van der Waals surface area contributed by atoms with E-state index in [1.165, 1.54) is 12.0 Å². The first-order chi connectivity index (χ1) is 12.7. The Balaban J connectivity index is 2.35. The number of methoxy groups -OCH3 is 2. The van der Waals surface area contributed by atoms with Gasteiger partial charge < -0.3 is 25.0 Å². The van der Waals surface area contributed by atoms with Crippen molar-refractivity contribution in [2.75, 3.05) is 26.1 Å². The minimum absolute atomic E-state index is 0.233. The highest BCUT2D eigenvalue weighted by atomic mass is 16.5. The number of nitrogens with zero attached hydrogens (tertiary/aromatic N) is 1. The number of rotatable bonds is 7. The van der Waals surface area contributed by atoms with Crippen LogP contribution in [-0.4, -0.2) is 61.2 Å². The van der Waals surface area contributed by atoms with Gasteiger partial charge in [0.25, 0.3) is 5.91 Å². The van der Waals surface area contributed by atoms with Gasteiger partial charge in [0.05, 0.1) is 13.2 Å². The topological polar surface area (TPSA) is 79.9 Å². The predicted molar refractivity (Wildman–Crippen MR) is 105 cm³/mol. The van der Waals surface area contributed by atoms with Gasteiger partial charge in [0.2, 0.25) is 5.91 Å². The molecule has 1 aromatic carbocycles. The number of hydrogen-bond acceptors (Lipinski definition) is 5. The minimum Gasteiger partial charge on any atom is -0.497 e. The molecule has 0 saturated carbocycles. The average Bonchev–Trinajstić information content (AvgIpc) is 2.86. The van der Waals surface area contributed by atoms with Crippen molar-refractivity contribution < 1.29 is 19.1 Å². The lowest BCUT2D eigenvalue weighted by Gasteiger charge is -2.31. The summed E-state index contributed by atoms with van der Waals surface area (Å²) in [5, 5.41) is 6.26. The fraction of sp³-hybridized carbons (Fsp3) is 0.500. The molecule has 0 aromatic heterocycles. The molecule has 1 aromatic rings. The number of benzene rings is 1. The molecule has 1 fully saturated rings. The summed E-state index contributed by atoms with van der Waals surface area (Å²) in [5.74, 6) is 0.252. The zero-order valence-electron chi connectivity index (χ0n) is 16.6. The average molecular weight is 375 g/mol. The number of amides is 2. The molecule has 7 heteroatoms. The van der Waals surface area contributed by atoms with Crippen LogP contribution in [-0.2, 0) is 14.3 Å². The molecule has 1 aliphatic rings. The summed E-state index contributed by atoms with van der Waals surface area (Å²) in [6, 6.07) is 6.04. The van der Waals surface area contributed by atoms with E-state index in [0.717, 1.165) is 11.4 Å². The van der Waals surface area contributed by atoms with Crippen molar-refractivity contribution in [3.8, 4) is 5.75 Å². The van der Waals surface area contributed by atoms with Crippen molar-refractivity contribution >= 4 is 17.5 Å². The molecular weight excluding hydrogens is 346 g/mol. The second kappa shape index (κ2) is 8.43. The SMILES string of the molecule is C=CCN1C(=O)[C@H](OC)[C@@H](Nc2ccc(OC)cc2)[C@@H]1C(=O)NC(C)(C)C. The Labute approximate surface area is 160 Å². The summed E-state index contributed by atoms with van der Waals surface area (Å²) in [6.45, 7) is 9.68. The van der Waals surface area contributed by atoms with Crippen LogP contribution in [0.15, 0.2) is 36.9 Å². The minimum atomic E-state index is -0.775. The van der Waals surface area contributed by atoms with Crippen LogP contribution in [0, 0.1) is 0 Å². The molecular formula is C20H29N3O4. The third-order valence-corrected chi connectivity index (χ3v) is 4.30. The molecule has 1 heterocycles. The van der Waals surface area contributed by atoms with Crippen molar-refractivity contribution in [3.05, 3.63) is 36.9 Å². The molecule has 7 nitrogen and oxygen atoms in total. The highest BCUT2D eigenvalue weighted by molar-refractivity contribution is 5.96. The van der Waals surface area contributed by atoms with E-state index < -0.39 is 23.7 Å². The maximum atomic E-state index is 13.0. The standard InChI is InChI=1S/C20H29N3O4/c1-7-12-23-16(18(24)22-20(2,3)4)15(17(27-6)19(23)25)21-13-8-10-14(26-5)11-9-13/h7-11,15-17,21H,1,12H2,2-6H3,(H,22,24)/t15-,16+,17+/m0/s1. The monoisotopic (exact) mass is 375 g/mol. The van der Waals surface area contributed by atoms with Crippen molar-refractivity contribution in [1.29, 1.82) is 0 Å². The van der Waals surface area contributed by atoms with Crippen LogP contribution in [0.25, 0.3) is 0 Å². The first-order valence-electron chi connectivity index (χ1n) is 8.88. The van der Waals surface area contributed by atoms with Gasteiger partial charge in [0.1, 0.15) is 11.8 Å². The molecule has 148 valence electrons. The Hall–Kier alpha value is -2.54. The maximum Gasteiger partial charge on any atom is 0.254 e. The molecule has 2 N–H and O–H groups in total. The second-order valence-electron chi connectivity index (χ2n) is 7.52. The van der Waals surface area contributed by atoms with E-state index in [9.17, 15) is 9.59 Å². The molecule has 0 radical (unpaired) electrons. The number of anilines is 1. The summed E-state index contributed by atoms with van der Waals surface area (Å²) in [4.78, 5) is 27.3. The van der Waals surface area contributed by atoms with Gasteiger partial charge >= 0.3 is 0 Å². The smallest absolute Gasteiger partial charge is 0.254 e. The molecule has 0 spiro atoms. The summed E-state index contributed by atoms with van der Waals surface area (Å²) in [7, 11) is 3.07. The van der Waals surface area contributed by atoms with Crippen molar-refractivity contribution in [3.63, 3.8) is 0 Å². The lowest BCUT2D eigenvalue weighted by atomic mass is 10.0. The molecule has 3 atom stereocenters. The lowest BCUT2D eigenvalue weighted by Crippen LogP contribution is -2.55. The molecule has 27 heavy (non-hydrogen) atoms. The molecule has 1 aliphatic heterocycles. The summed E-state index contributed by atoms with van der Waals surface area (Å²) in [6.07, 6.45) is 0.834. The van der Waals surface area contributed by atoms with Gasteiger partial charge in [0, 0.05) is 24.9 Å². The quantitative estimate of drug-likeness (QED) is 0.711. The zero-order valence-corrected chi connectivity index (χ0v) is 16.6. The highest BCUT2D eigenvalue weighted by Gasteiger charge is 2.51. The lowest BCUT2D eigenvalue weighted by molar-refractivity contribution is -0.139. The van der Waals surface area contributed by atoms with Gasteiger partial charge in [-0.25, -0.2) is 0 Å². The van der Waals surface area contributed by atoms with Crippen LogP contribution in [0.2, 0.25) is 0 Å². The van der Waals surface area contributed by atoms with E-state index in [2.05, 4.69) is 17.2 Å².